The Bertz CT molecular complexity index is 389. The van der Waals surface area contributed by atoms with Gasteiger partial charge in [0.1, 0.15) is 5.78 Å². The smallest absolute Gasteiger partial charge is 0.145 e. The molecule has 3 heteroatoms. The molecule has 0 saturated carbocycles. The van der Waals surface area contributed by atoms with Crippen molar-refractivity contribution in [3.63, 3.8) is 0 Å². The van der Waals surface area contributed by atoms with Gasteiger partial charge >= 0.3 is 0 Å². The van der Waals surface area contributed by atoms with Gasteiger partial charge < -0.3 is 5.32 Å². The molecule has 86 valence electrons. The topological polar surface area (TPSA) is 42.0 Å². The summed E-state index contributed by atoms with van der Waals surface area (Å²) in [6, 6.07) is 4.03. The van der Waals surface area contributed by atoms with Crippen LogP contribution in [0.1, 0.15) is 30.5 Å². The Morgan fingerprint density at radius 1 is 1.69 bits per heavy atom. The molecule has 0 aromatic carbocycles. The van der Waals surface area contributed by atoms with Crippen molar-refractivity contribution >= 4 is 5.78 Å². The fraction of sp³-hybridized carbons (Fsp3) is 0.538. The second-order valence-corrected chi connectivity index (χ2v) is 4.50. The van der Waals surface area contributed by atoms with Gasteiger partial charge in [-0.3, -0.25) is 9.78 Å². The van der Waals surface area contributed by atoms with Crippen LogP contribution >= 0.6 is 0 Å². The maximum Gasteiger partial charge on any atom is 0.145 e. The van der Waals surface area contributed by atoms with Gasteiger partial charge in [0, 0.05) is 18.7 Å². The lowest BCUT2D eigenvalue weighted by Gasteiger charge is -2.15. The normalized spacial score (nSPS) is 20.5. The van der Waals surface area contributed by atoms with E-state index in [1.165, 1.54) is 5.56 Å². The SMILES string of the molecule is CNCC(C)C(=O)C1CCc2cccnc21. The van der Waals surface area contributed by atoms with Crippen LogP contribution in [0.15, 0.2) is 18.3 Å². The molecule has 3 nitrogen and oxygen atoms in total. The Labute approximate surface area is 96.3 Å². The third kappa shape index (κ3) is 2.00. The summed E-state index contributed by atoms with van der Waals surface area (Å²) in [6.07, 6.45) is 3.71. The molecule has 0 saturated heterocycles. The minimum Gasteiger partial charge on any atom is -0.319 e. The van der Waals surface area contributed by atoms with Crippen molar-refractivity contribution in [2.45, 2.75) is 25.7 Å². The highest BCUT2D eigenvalue weighted by atomic mass is 16.1. The number of Topliss-reactive ketones (excluding diaryl/α,β-unsaturated/α-hetero) is 1. The molecule has 0 fully saturated rings. The second kappa shape index (κ2) is 4.74. The molecular weight excluding hydrogens is 200 g/mol. The second-order valence-electron chi connectivity index (χ2n) is 4.50. The molecule has 1 aliphatic carbocycles. The summed E-state index contributed by atoms with van der Waals surface area (Å²) in [5, 5.41) is 3.05. The summed E-state index contributed by atoms with van der Waals surface area (Å²) in [5.41, 5.74) is 2.26. The van der Waals surface area contributed by atoms with Crippen LogP contribution in [0.3, 0.4) is 0 Å². The molecule has 2 unspecified atom stereocenters. The number of carbonyl (C=O) groups is 1. The monoisotopic (exact) mass is 218 g/mol. The summed E-state index contributed by atoms with van der Waals surface area (Å²) in [4.78, 5) is 16.6. The van der Waals surface area contributed by atoms with Crippen LogP contribution < -0.4 is 5.32 Å². The minimum atomic E-state index is 0.0274. The summed E-state index contributed by atoms with van der Waals surface area (Å²) in [7, 11) is 1.88. The molecule has 2 rings (SSSR count). The fourth-order valence-corrected chi connectivity index (χ4v) is 2.44. The average Bonchev–Trinajstić information content (AvgIpc) is 2.72. The lowest BCUT2D eigenvalue weighted by molar-refractivity contribution is -0.123. The number of ketones is 1. The Morgan fingerprint density at radius 2 is 2.50 bits per heavy atom. The summed E-state index contributed by atoms with van der Waals surface area (Å²) in [6.45, 7) is 2.73. The number of hydrogen-bond acceptors (Lipinski definition) is 3. The van der Waals surface area contributed by atoms with Gasteiger partial charge in [-0.05, 0) is 31.5 Å². The van der Waals surface area contributed by atoms with Crippen LogP contribution in [0.5, 0.6) is 0 Å². The van der Waals surface area contributed by atoms with Gasteiger partial charge in [0.25, 0.3) is 0 Å². The van der Waals surface area contributed by atoms with Crippen molar-refractivity contribution in [1.82, 2.24) is 10.3 Å². The van der Waals surface area contributed by atoms with E-state index in [1.807, 2.05) is 20.0 Å². The van der Waals surface area contributed by atoms with Crippen LogP contribution in [0.25, 0.3) is 0 Å². The molecule has 1 N–H and O–H groups in total. The van der Waals surface area contributed by atoms with E-state index in [2.05, 4.69) is 16.4 Å². The number of pyridine rings is 1. The summed E-state index contributed by atoms with van der Waals surface area (Å²) in [5.74, 6) is 0.425. The summed E-state index contributed by atoms with van der Waals surface area (Å²) >= 11 is 0. The van der Waals surface area contributed by atoms with E-state index in [4.69, 9.17) is 0 Å². The van der Waals surface area contributed by atoms with Crippen LogP contribution in [-0.4, -0.2) is 24.4 Å². The van der Waals surface area contributed by atoms with Gasteiger partial charge in [-0.15, -0.1) is 0 Å². The van der Waals surface area contributed by atoms with Crippen molar-refractivity contribution in [3.8, 4) is 0 Å². The molecule has 1 aromatic rings. The first-order valence-electron chi connectivity index (χ1n) is 5.86. The van der Waals surface area contributed by atoms with Gasteiger partial charge in [-0.25, -0.2) is 0 Å². The predicted octanol–water partition coefficient (Wildman–Crippen LogP) is 1.54. The minimum absolute atomic E-state index is 0.0274. The van der Waals surface area contributed by atoms with E-state index in [0.717, 1.165) is 25.1 Å². The maximum absolute atomic E-state index is 12.2. The quantitative estimate of drug-likeness (QED) is 0.833. The van der Waals surface area contributed by atoms with Crippen molar-refractivity contribution in [2.75, 3.05) is 13.6 Å². The Morgan fingerprint density at radius 3 is 3.25 bits per heavy atom. The van der Waals surface area contributed by atoms with Crippen molar-refractivity contribution in [1.29, 1.82) is 0 Å². The zero-order chi connectivity index (χ0) is 11.5. The number of aromatic nitrogens is 1. The van der Waals surface area contributed by atoms with E-state index in [9.17, 15) is 4.79 Å². The molecule has 2 atom stereocenters. The first-order chi connectivity index (χ1) is 7.74. The van der Waals surface area contributed by atoms with Gasteiger partial charge in [0.05, 0.1) is 11.6 Å². The molecule has 1 aliphatic rings. The van der Waals surface area contributed by atoms with Crippen molar-refractivity contribution < 1.29 is 4.79 Å². The van der Waals surface area contributed by atoms with Gasteiger partial charge in [0.2, 0.25) is 0 Å². The maximum atomic E-state index is 12.2. The predicted molar refractivity (Wildman–Crippen MR) is 63.4 cm³/mol. The highest BCUT2D eigenvalue weighted by molar-refractivity contribution is 5.88. The number of aryl methyl sites for hydroxylation is 1. The number of fused-ring (bicyclic) bond motifs is 1. The fourth-order valence-electron chi connectivity index (χ4n) is 2.44. The number of nitrogens with one attached hydrogen (secondary N) is 1. The summed E-state index contributed by atoms with van der Waals surface area (Å²) < 4.78 is 0. The van der Waals surface area contributed by atoms with Crippen LogP contribution in [-0.2, 0) is 11.2 Å². The zero-order valence-electron chi connectivity index (χ0n) is 9.86. The molecule has 1 heterocycles. The first kappa shape index (κ1) is 11.3. The Hall–Kier alpha value is -1.22. The number of nitrogens with zero attached hydrogens (tertiary/aromatic N) is 1. The molecule has 0 spiro atoms. The largest absolute Gasteiger partial charge is 0.319 e. The Balaban J connectivity index is 2.16. The molecule has 0 aliphatic heterocycles. The molecule has 0 bridgehead atoms. The lowest BCUT2D eigenvalue weighted by atomic mass is 9.92. The van der Waals surface area contributed by atoms with E-state index >= 15 is 0 Å². The number of carbonyl (C=O) groups excluding carboxylic acids is 1. The first-order valence-corrected chi connectivity index (χ1v) is 5.86. The van der Waals surface area contributed by atoms with E-state index in [1.54, 1.807) is 6.20 Å². The number of hydrogen-bond donors (Lipinski definition) is 1. The van der Waals surface area contributed by atoms with Crippen LogP contribution in [0.4, 0.5) is 0 Å². The van der Waals surface area contributed by atoms with E-state index < -0.39 is 0 Å². The average molecular weight is 218 g/mol. The molecule has 16 heavy (non-hydrogen) atoms. The van der Waals surface area contributed by atoms with Crippen molar-refractivity contribution in [3.05, 3.63) is 29.6 Å². The van der Waals surface area contributed by atoms with Gasteiger partial charge in [-0.1, -0.05) is 13.0 Å². The highest BCUT2D eigenvalue weighted by Gasteiger charge is 2.31. The van der Waals surface area contributed by atoms with E-state index in [-0.39, 0.29) is 11.8 Å². The molecular formula is C13H18N2O. The Kier molecular flexibility index (Phi) is 3.34. The van der Waals surface area contributed by atoms with Crippen LogP contribution in [0.2, 0.25) is 0 Å². The third-order valence-electron chi connectivity index (χ3n) is 3.30. The highest BCUT2D eigenvalue weighted by Crippen LogP contribution is 2.33. The lowest BCUT2D eigenvalue weighted by Crippen LogP contribution is -2.27. The molecule has 1 aromatic heterocycles. The van der Waals surface area contributed by atoms with Gasteiger partial charge in [0.15, 0.2) is 0 Å². The third-order valence-corrected chi connectivity index (χ3v) is 3.30. The van der Waals surface area contributed by atoms with Crippen molar-refractivity contribution in [2.24, 2.45) is 5.92 Å². The number of rotatable bonds is 4. The zero-order valence-corrected chi connectivity index (χ0v) is 9.86. The molecule has 0 amide bonds. The van der Waals surface area contributed by atoms with E-state index in [0.29, 0.717) is 5.78 Å². The molecule has 0 radical (unpaired) electrons. The van der Waals surface area contributed by atoms with Gasteiger partial charge in [-0.2, -0.15) is 0 Å². The standard InChI is InChI=1S/C13H18N2O/c1-9(8-14-2)13(16)11-6-5-10-4-3-7-15-12(10)11/h3-4,7,9,11,14H,5-6,8H2,1-2H3. The van der Waals surface area contributed by atoms with Crippen LogP contribution in [0, 0.1) is 5.92 Å².